The van der Waals surface area contributed by atoms with Crippen molar-refractivity contribution in [1.82, 2.24) is 15.2 Å². The lowest BCUT2D eigenvalue weighted by atomic mass is 9.78. The molecule has 6 heteroatoms. The van der Waals surface area contributed by atoms with Crippen LogP contribution in [0.25, 0.3) is 11.0 Å². The molecule has 0 fully saturated rings. The first-order valence-corrected chi connectivity index (χ1v) is 8.43. The summed E-state index contributed by atoms with van der Waals surface area (Å²) in [4.78, 5) is 9.37. The SMILES string of the molecule is CC1c2cc(Cl)ccc2C(c2nnc3c(F)cccc3n2)=NC1(C)C. The van der Waals surface area contributed by atoms with Crippen LogP contribution in [0.5, 0.6) is 0 Å². The van der Waals surface area contributed by atoms with Crippen molar-refractivity contribution in [3.05, 3.63) is 64.2 Å². The Bertz CT molecular complexity index is 1030. The Morgan fingerprint density at radius 1 is 1.12 bits per heavy atom. The van der Waals surface area contributed by atoms with Gasteiger partial charge in [-0.25, -0.2) is 9.37 Å². The van der Waals surface area contributed by atoms with Gasteiger partial charge in [0.15, 0.2) is 5.82 Å². The lowest BCUT2D eigenvalue weighted by Crippen LogP contribution is -2.33. The van der Waals surface area contributed by atoms with Crippen LogP contribution in [0.15, 0.2) is 41.4 Å². The largest absolute Gasteiger partial charge is 0.274 e. The molecule has 0 N–H and O–H groups in total. The zero-order chi connectivity index (χ0) is 17.8. The molecule has 0 radical (unpaired) electrons. The number of hydrogen-bond donors (Lipinski definition) is 0. The van der Waals surface area contributed by atoms with Crippen LogP contribution in [-0.4, -0.2) is 26.4 Å². The molecule has 3 aromatic rings. The summed E-state index contributed by atoms with van der Waals surface area (Å²) in [5.74, 6) is 0.147. The fourth-order valence-electron chi connectivity index (χ4n) is 3.13. The van der Waals surface area contributed by atoms with Crippen LogP contribution in [0.4, 0.5) is 4.39 Å². The molecular formula is C19H16ClFN4. The molecule has 0 aliphatic carbocycles. The first-order chi connectivity index (χ1) is 11.9. The highest BCUT2D eigenvalue weighted by Crippen LogP contribution is 2.39. The van der Waals surface area contributed by atoms with E-state index >= 15 is 0 Å². The van der Waals surface area contributed by atoms with E-state index in [1.807, 2.05) is 18.2 Å². The van der Waals surface area contributed by atoms with E-state index in [-0.39, 0.29) is 17.0 Å². The van der Waals surface area contributed by atoms with Gasteiger partial charge in [-0.05, 0) is 43.7 Å². The molecule has 0 saturated heterocycles. The Morgan fingerprint density at radius 3 is 2.72 bits per heavy atom. The molecule has 25 heavy (non-hydrogen) atoms. The highest BCUT2D eigenvalue weighted by Gasteiger charge is 2.35. The topological polar surface area (TPSA) is 51.0 Å². The first-order valence-electron chi connectivity index (χ1n) is 8.06. The molecule has 4 rings (SSSR count). The van der Waals surface area contributed by atoms with Crippen molar-refractivity contribution in [2.24, 2.45) is 4.99 Å². The maximum absolute atomic E-state index is 13.8. The maximum Gasteiger partial charge on any atom is 0.201 e. The highest BCUT2D eigenvalue weighted by atomic mass is 35.5. The average Bonchev–Trinajstić information content (AvgIpc) is 2.58. The minimum Gasteiger partial charge on any atom is -0.274 e. The number of halogens is 2. The normalized spacial score (nSPS) is 18.8. The lowest BCUT2D eigenvalue weighted by Gasteiger charge is -2.35. The highest BCUT2D eigenvalue weighted by molar-refractivity contribution is 6.31. The van der Waals surface area contributed by atoms with Gasteiger partial charge in [-0.2, -0.15) is 0 Å². The van der Waals surface area contributed by atoms with E-state index in [1.54, 1.807) is 12.1 Å². The molecule has 126 valence electrons. The Morgan fingerprint density at radius 2 is 1.92 bits per heavy atom. The summed E-state index contributed by atoms with van der Waals surface area (Å²) in [6, 6.07) is 10.4. The lowest BCUT2D eigenvalue weighted by molar-refractivity contribution is 0.432. The third kappa shape index (κ3) is 2.59. The fraction of sp³-hybridized carbons (Fsp3) is 0.263. The van der Waals surface area contributed by atoms with Gasteiger partial charge in [0.1, 0.15) is 11.2 Å². The molecule has 1 aromatic heterocycles. The summed E-state index contributed by atoms with van der Waals surface area (Å²) in [5, 5.41) is 8.84. The summed E-state index contributed by atoms with van der Waals surface area (Å²) >= 11 is 6.20. The third-order valence-electron chi connectivity index (χ3n) is 4.84. The molecule has 4 nitrogen and oxygen atoms in total. The van der Waals surface area contributed by atoms with Gasteiger partial charge in [0, 0.05) is 16.5 Å². The zero-order valence-corrected chi connectivity index (χ0v) is 14.8. The molecule has 0 amide bonds. The van der Waals surface area contributed by atoms with Crippen molar-refractivity contribution in [3.63, 3.8) is 0 Å². The number of hydrogen-bond acceptors (Lipinski definition) is 4. The van der Waals surface area contributed by atoms with Crippen molar-refractivity contribution in [2.45, 2.75) is 32.2 Å². The second-order valence-corrected chi connectivity index (χ2v) is 7.25. The van der Waals surface area contributed by atoms with Crippen molar-refractivity contribution in [2.75, 3.05) is 0 Å². The van der Waals surface area contributed by atoms with Crippen molar-refractivity contribution in [3.8, 4) is 0 Å². The second kappa shape index (κ2) is 5.56. The monoisotopic (exact) mass is 354 g/mol. The molecule has 0 bridgehead atoms. The van der Waals surface area contributed by atoms with Crippen LogP contribution in [0, 0.1) is 5.82 Å². The quantitative estimate of drug-likeness (QED) is 0.644. The maximum atomic E-state index is 13.8. The summed E-state index contributed by atoms with van der Waals surface area (Å²) in [6.45, 7) is 6.26. The minimum atomic E-state index is -0.434. The second-order valence-electron chi connectivity index (χ2n) is 6.81. The Labute approximate surface area is 149 Å². The number of fused-ring (bicyclic) bond motifs is 2. The van der Waals surface area contributed by atoms with E-state index in [4.69, 9.17) is 16.6 Å². The van der Waals surface area contributed by atoms with Crippen LogP contribution in [0.1, 0.15) is 43.6 Å². The predicted octanol–water partition coefficient (Wildman–Crippen LogP) is 4.55. The summed E-state index contributed by atoms with van der Waals surface area (Å²) in [7, 11) is 0. The van der Waals surface area contributed by atoms with E-state index in [2.05, 4.69) is 36.0 Å². The van der Waals surface area contributed by atoms with Gasteiger partial charge in [-0.15, -0.1) is 10.2 Å². The first kappa shape index (κ1) is 16.1. The van der Waals surface area contributed by atoms with Gasteiger partial charge in [0.2, 0.25) is 5.82 Å². The number of nitrogens with zero attached hydrogens (tertiary/aromatic N) is 4. The van der Waals surface area contributed by atoms with Crippen LogP contribution >= 0.6 is 11.6 Å². The molecule has 0 spiro atoms. The van der Waals surface area contributed by atoms with E-state index in [0.717, 1.165) is 11.1 Å². The van der Waals surface area contributed by atoms with Gasteiger partial charge in [0.05, 0.1) is 11.1 Å². The number of benzene rings is 2. The van der Waals surface area contributed by atoms with Gasteiger partial charge in [-0.1, -0.05) is 30.7 Å². The Hall–Kier alpha value is -2.40. The van der Waals surface area contributed by atoms with E-state index in [1.165, 1.54) is 6.07 Å². The Kier molecular flexibility index (Phi) is 3.58. The van der Waals surface area contributed by atoms with E-state index in [9.17, 15) is 4.39 Å². The molecule has 1 unspecified atom stereocenters. The molecule has 2 aromatic carbocycles. The van der Waals surface area contributed by atoms with Gasteiger partial charge >= 0.3 is 0 Å². The van der Waals surface area contributed by atoms with Crippen LogP contribution in [0.2, 0.25) is 5.02 Å². The molecule has 1 atom stereocenters. The van der Waals surface area contributed by atoms with Crippen LogP contribution in [-0.2, 0) is 0 Å². The number of aliphatic imine (C=N–C) groups is 1. The standard InChI is InChI=1S/C19H16ClFN4/c1-10-13-9-11(20)7-8-12(13)16(23-19(10,2)3)18-22-15-6-4-5-14(21)17(15)24-25-18/h4-10H,1-3H3. The van der Waals surface area contributed by atoms with Crippen LogP contribution in [0.3, 0.4) is 0 Å². The zero-order valence-electron chi connectivity index (χ0n) is 14.1. The van der Waals surface area contributed by atoms with Crippen molar-refractivity contribution >= 4 is 28.3 Å². The smallest absolute Gasteiger partial charge is 0.201 e. The van der Waals surface area contributed by atoms with Gasteiger partial charge in [0.25, 0.3) is 0 Å². The number of aromatic nitrogens is 3. The van der Waals surface area contributed by atoms with E-state index < -0.39 is 5.82 Å². The average molecular weight is 355 g/mol. The summed E-state index contributed by atoms with van der Waals surface area (Å²) in [6.07, 6.45) is 0. The fourth-order valence-corrected chi connectivity index (χ4v) is 3.31. The van der Waals surface area contributed by atoms with E-state index in [0.29, 0.717) is 22.1 Å². The molecule has 2 heterocycles. The van der Waals surface area contributed by atoms with Crippen molar-refractivity contribution in [1.29, 1.82) is 0 Å². The molecule has 1 aliphatic rings. The third-order valence-corrected chi connectivity index (χ3v) is 5.08. The molecular weight excluding hydrogens is 339 g/mol. The Balaban J connectivity index is 1.95. The van der Waals surface area contributed by atoms with Gasteiger partial charge < -0.3 is 0 Å². The van der Waals surface area contributed by atoms with Crippen molar-refractivity contribution < 1.29 is 4.39 Å². The molecule has 1 aliphatic heterocycles. The summed E-state index contributed by atoms with van der Waals surface area (Å²) < 4.78 is 13.8. The number of rotatable bonds is 1. The molecule has 0 saturated carbocycles. The predicted molar refractivity (Wildman–Crippen MR) is 96.9 cm³/mol. The summed E-state index contributed by atoms with van der Waals surface area (Å²) in [5.41, 5.74) is 2.98. The van der Waals surface area contributed by atoms with Gasteiger partial charge in [-0.3, -0.25) is 4.99 Å². The van der Waals surface area contributed by atoms with Crippen LogP contribution < -0.4 is 0 Å². The minimum absolute atomic E-state index is 0.159.